The van der Waals surface area contributed by atoms with Crippen molar-refractivity contribution < 1.29 is 9.52 Å². The molecule has 0 saturated heterocycles. The van der Waals surface area contributed by atoms with Gasteiger partial charge in [-0.1, -0.05) is 0 Å². The molecule has 2 aromatic heterocycles. The summed E-state index contributed by atoms with van der Waals surface area (Å²) in [6.45, 7) is 1.87. The minimum Gasteiger partial charge on any atom is -0.469 e. The molecule has 2 aromatic rings. The Labute approximate surface area is 94.5 Å². The van der Waals surface area contributed by atoms with E-state index in [1.165, 1.54) is 0 Å². The highest BCUT2D eigenvalue weighted by Crippen LogP contribution is 2.20. The third-order valence-electron chi connectivity index (χ3n) is 2.73. The molecule has 0 spiro atoms. The molecular formula is C12H16N2O2. The maximum atomic E-state index is 9.93. The lowest BCUT2D eigenvalue weighted by Gasteiger charge is -2.07. The number of furan rings is 1. The summed E-state index contributed by atoms with van der Waals surface area (Å²) in [7, 11) is 1.91. The molecule has 1 unspecified atom stereocenters. The van der Waals surface area contributed by atoms with Crippen molar-refractivity contribution in [3.05, 3.63) is 41.6 Å². The fourth-order valence-corrected chi connectivity index (χ4v) is 1.74. The van der Waals surface area contributed by atoms with Crippen molar-refractivity contribution in [2.75, 3.05) is 0 Å². The fraction of sp³-hybridized carbons (Fsp3) is 0.417. The topological polar surface area (TPSA) is 51.2 Å². The molecular weight excluding hydrogens is 204 g/mol. The van der Waals surface area contributed by atoms with Crippen molar-refractivity contribution in [3.8, 4) is 0 Å². The van der Waals surface area contributed by atoms with Gasteiger partial charge in [-0.05, 0) is 31.9 Å². The second kappa shape index (κ2) is 4.53. The molecule has 0 radical (unpaired) electrons. The van der Waals surface area contributed by atoms with Crippen LogP contribution in [0, 0.1) is 6.92 Å². The summed E-state index contributed by atoms with van der Waals surface area (Å²) in [5.41, 5.74) is 1.97. The zero-order chi connectivity index (χ0) is 11.5. The van der Waals surface area contributed by atoms with Gasteiger partial charge in [-0.15, -0.1) is 0 Å². The molecule has 4 nitrogen and oxygen atoms in total. The minimum absolute atomic E-state index is 0.465. The quantitative estimate of drug-likeness (QED) is 0.857. The molecule has 0 fully saturated rings. The van der Waals surface area contributed by atoms with E-state index >= 15 is 0 Å². The van der Waals surface area contributed by atoms with Gasteiger partial charge in [0.1, 0.15) is 5.76 Å². The Morgan fingerprint density at radius 3 is 2.94 bits per heavy atom. The van der Waals surface area contributed by atoms with Gasteiger partial charge in [-0.25, -0.2) is 0 Å². The van der Waals surface area contributed by atoms with Gasteiger partial charge in [0, 0.05) is 24.5 Å². The molecule has 0 aliphatic heterocycles. The maximum absolute atomic E-state index is 9.93. The van der Waals surface area contributed by atoms with Crippen molar-refractivity contribution in [2.24, 2.45) is 7.05 Å². The number of hydrogen-bond acceptors (Lipinski definition) is 3. The van der Waals surface area contributed by atoms with Gasteiger partial charge < -0.3 is 9.52 Å². The second-order valence-electron chi connectivity index (χ2n) is 3.99. The van der Waals surface area contributed by atoms with E-state index in [4.69, 9.17) is 4.42 Å². The van der Waals surface area contributed by atoms with Crippen LogP contribution in [0.25, 0.3) is 0 Å². The van der Waals surface area contributed by atoms with Crippen molar-refractivity contribution in [1.82, 2.24) is 9.78 Å². The van der Waals surface area contributed by atoms with Crippen molar-refractivity contribution in [2.45, 2.75) is 25.9 Å². The smallest absolute Gasteiger partial charge is 0.101 e. The van der Waals surface area contributed by atoms with Crippen LogP contribution in [0.3, 0.4) is 0 Å². The molecule has 4 heteroatoms. The Kier molecular flexibility index (Phi) is 3.10. The average molecular weight is 220 g/mol. The first kappa shape index (κ1) is 11.0. The average Bonchev–Trinajstić information content (AvgIpc) is 2.84. The summed E-state index contributed by atoms with van der Waals surface area (Å²) >= 11 is 0. The Morgan fingerprint density at radius 1 is 1.56 bits per heavy atom. The molecule has 1 atom stereocenters. The zero-order valence-corrected chi connectivity index (χ0v) is 9.55. The highest BCUT2D eigenvalue weighted by atomic mass is 16.3. The van der Waals surface area contributed by atoms with Crippen LogP contribution in [-0.2, 0) is 13.5 Å². The summed E-state index contributed by atoms with van der Waals surface area (Å²) in [5.74, 6) is 0.828. The van der Waals surface area contributed by atoms with Crippen LogP contribution in [0.15, 0.2) is 29.0 Å². The second-order valence-corrected chi connectivity index (χ2v) is 3.99. The summed E-state index contributed by atoms with van der Waals surface area (Å²) in [6.07, 6.45) is 4.40. The van der Waals surface area contributed by atoms with E-state index < -0.39 is 6.10 Å². The monoisotopic (exact) mass is 220 g/mol. The molecule has 0 aliphatic carbocycles. The summed E-state index contributed by atoms with van der Waals surface area (Å²) in [5, 5.41) is 14.0. The molecule has 2 heterocycles. The summed E-state index contributed by atoms with van der Waals surface area (Å²) in [4.78, 5) is 0. The number of aliphatic hydroxyl groups excluding tert-OH is 1. The first-order chi connectivity index (χ1) is 7.66. The van der Waals surface area contributed by atoms with Crippen LogP contribution in [0.5, 0.6) is 0 Å². The maximum Gasteiger partial charge on any atom is 0.101 e. The van der Waals surface area contributed by atoms with E-state index in [0.717, 1.165) is 23.4 Å². The lowest BCUT2D eigenvalue weighted by atomic mass is 10.1. The van der Waals surface area contributed by atoms with E-state index in [0.29, 0.717) is 6.42 Å². The first-order valence-corrected chi connectivity index (χ1v) is 5.37. The Bertz CT molecular complexity index is 459. The predicted molar refractivity (Wildman–Crippen MR) is 59.9 cm³/mol. The van der Waals surface area contributed by atoms with E-state index in [1.54, 1.807) is 12.5 Å². The van der Waals surface area contributed by atoms with Crippen LogP contribution in [0.1, 0.15) is 29.5 Å². The number of aromatic nitrogens is 2. The van der Waals surface area contributed by atoms with Gasteiger partial charge in [0.2, 0.25) is 0 Å². The molecule has 1 N–H and O–H groups in total. The molecule has 0 aromatic carbocycles. The van der Waals surface area contributed by atoms with Gasteiger partial charge in [0.15, 0.2) is 0 Å². The number of rotatable bonds is 4. The van der Waals surface area contributed by atoms with Gasteiger partial charge in [-0.3, -0.25) is 4.68 Å². The minimum atomic E-state index is -0.465. The molecule has 0 bridgehead atoms. The van der Waals surface area contributed by atoms with Crippen LogP contribution >= 0.6 is 0 Å². The van der Waals surface area contributed by atoms with Crippen molar-refractivity contribution in [1.29, 1.82) is 0 Å². The Balaban J connectivity index is 1.93. The van der Waals surface area contributed by atoms with Gasteiger partial charge in [-0.2, -0.15) is 5.10 Å². The zero-order valence-electron chi connectivity index (χ0n) is 9.55. The predicted octanol–water partition coefficient (Wildman–Crippen LogP) is 1.99. The number of aryl methyl sites for hydroxylation is 3. The normalized spacial score (nSPS) is 12.9. The highest BCUT2D eigenvalue weighted by Gasteiger charge is 2.11. The Hall–Kier alpha value is -1.55. The van der Waals surface area contributed by atoms with E-state index in [9.17, 15) is 5.11 Å². The molecule has 0 aliphatic rings. The van der Waals surface area contributed by atoms with Crippen LogP contribution in [0.2, 0.25) is 0 Å². The standard InChI is InChI=1S/C12H16N2O2/c1-9-7-10(8-16-9)12(15)4-3-11-5-6-13-14(11)2/h5-8,12,15H,3-4H2,1-2H3. The molecule has 16 heavy (non-hydrogen) atoms. The number of hydrogen-bond donors (Lipinski definition) is 1. The summed E-state index contributed by atoms with van der Waals surface area (Å²) in [6, 6.07) is 3.83. The number of nitrogens with zero attached hydrogens (tertiary/aromatic N) is 2. The molecule has 2 rings (SSSR count). The molecule has 0 amide bonds. The number of aliphatic hydroxyl groups is 1. The first-order valence-electron chi connectivity index (χ1n) is 5.37. The van der Waals surface area contributed by atoms with Gasteiger partial charge in [0.25, 0.3) is 0 Å². The van der Waals surface area contributed by atoms with E-state index in [2.05, 4.69) is 5.10 Å². The van der Waals surface area contributed by atoms with Crippen molar-refractivity contribution >= 4 is 0 Å². The lowest BCUT2D eigenvalue weighted by Crippen LogP contribution is -2.02. The van der Waals surface area contributed by atoms with Gasteiger partial charge in [0.05, 0.1) is 12.4 Å². The van der Waals surface area contributed by atoms with Crippen LogP contribution in [0.4, 0.5) is 0 Å². The van der Waals surface area contributed by atoms with Crippen LogP contribution in [-0.4, -0.2) is 14.9 Å². The van der Waals surface area contributed by atoms with E-state index in [1.807, 2.05) is 30.8 Å². The third-order valence-corrected chi connectivity index (χ3v) is 2.73. The fourth-order valence-electron chi connectivity index (χ4n) is 1.74. The molecule has 0 saturated carbocycles. The Morgan fingerprint density at radius 2 is 2.38 bits per heavy atom. The largest absolute Gasteiger partial charge is 0.469 e. The van der Waals surface area contributed by atoms with Crippen molar-refractivity contribution in [3.63, 3.8) is 0 Å². The lowest BCUT2D eigenvalue weighted by molar-refractivity contribution is 0.166. The highest BCUT2D eigenvalue weighted by molar-refractivity contribution is 5.15. The van der Waals surface area contributed by atoms with Crippen LogP contribution < -0.4 is 0 Å². The SMILES string of the molecule is Cc1cc(C(O)CCc2ccnn2C)co1. The summed E-state index contributed by atoms with van der Waals surface area (Å²) < 4.78 is 7.00. The van der Waals surface area contributed by atoms with Gasteiger partial charge >= 0.3 is 0 Å². The van der Waals surface area contributed by atoms with E-state index in [-0.39, 0.29) is 0 Å². The molecule has 86 valence electrons. The third kappa shape index (κ3) is 2.33.